The van der Waals surface area contributed by atoms with Crippen LogP contribution in [0.3, 0.4) is 0 Å². The molecule has 1 saturated heterocycles. The minimum atomic E-state index is -4.16. The van der Waals surface area contributed by atoms with Crippen molar-refractivity contribution < 1.29 is 27.4 Å². The molecule has 0 aliphatic carbocycles. The largest absolute Gasteiger partial charge is 0.444 e. The number of nitrogens with zero attached hydrogens (tertiary/aromatic N) is 1. The van der Waals surface area contributed by atoms with Crippen LogP contribution in [-0.4, -0.2) is 61.2 Å². The van der Waals surface area contributed by atoms with Gasteiger partial charge >= 0.3 is 12.3 Å². The number of nitrogens with one attached hydrogen (secondary N) is 1. The molecule has 8 heteroatoms. The molecule has 1 N–H and O–H groups in total. The number of carbonyl (C=O) groups excluding carboxylic acids is 1. The SMILES string of the molecule is CC(CC1COCCN1C(=O)OC(C)(C)C)NCCC(F)(F)F. The number of morpholine rings is 1. The fraction of sp³-hybridized carbons (Fsp3) is 0.933. The van der Waals surface area contributed by atoms with Crippen LogP contribution in [0, 0.1) is 0 Å². The van der Waals surface area contributed by atoms with Crippen molar-refractivity contribution in [2.24, 2.45) is 0 Å². The van der Waals surface area contributed by atoms with Crippen LogP contribution in [-0.2, 0) is 9.47 Å². The Kier molecular flexibility index (Phi) is 7.13. The van der Waals surface area contributed by atoms with E-state index in [2.05, 4.69) is 5.32 Å². The highest BCUT2D eigenvalue weighted by molar-refractivity contribution is 5.68. The van der Waals surface area contributed by atoms with Crippen molar-refractivity contribution in [3.8, 4) is 0 Å². The Balaban J connectivity index is 2.49. The minimum Gasteiger partial charge on any atom is -0.444 e. The lowest BCUT2D eigenvalue weighted by atomic mass is 10.1. The molecule has 2 unspecified atom stereocenters. The first-order valence-electron chi connectivity index (χ1n) is 7.85. The summed E-state index contributed by atoms with van der Waals surface area (Å²) in [5.74, 6) is 0. The average Bonchev–Trinajstić information content (AvgIpc) is 2.35. The van der Waals surface area contributed by atoms with Crippen LogP contribution in [0.15, 0.2) is 0 Å². The smallest absolute Gasteiger partial charge is 0.410 e. The zero-order valence-corrected chi connectivity index (χ0v) is 14.2. The summed E-state index contributed by atoms with van der Waals surface area (Å²) >= 11 is 0. The lowest BCUT2D eigenvalue weighted by Crippen LogP contribution is -2.52. The molecule has 1 rings (SSSR count). The van der Waals surface area contributed by atoms with Crippen molar-refractivity contribution in [3.63, 3.8) is 0 Å². The maximum Gasteiger partial charge on any atom is 0.410 e. The summed E-state index contributed by atoms with van der Waals surface area (Å²) in [4.78, 5) is 13.8. The van der Waals surface area contributed by atoms with Crippen LogP contribution in [0.25, 0.3) is 0 Å². The summed E-state index contributed by atoms with van der Waals surface area (Å²) in [6.07, 6.45) is -4.93. The summed E-state index contributed by atoms with van der Waals surface area (Å²) in [7, 11) is 0. The van der Waals surface area contributed by atoms with Crippen LogP contribution in [0.5, 0.6) is 0 Å². The third kappa shape index (κ3) is 8.41. The Morgan fingerprint density at radius 3 is 2.61 bits per heavy atom. The Labute approximate surface area is 135 Å². The van der Waals surface area contributed by atoms with Gasteiger partial charge in [0, 0.05) is 19.1 Å². The van der Waals surface area contributed by atoms with Gasteiger partial charge in [0.15, 0.2) is 0 Å². The van der Waals surface area contributed by atoms with Gasteiger partial charge in [0.25, 0.3) is 0 Å². The van der Waals surface area contributed by atoms with Crippen molar-refractivity contribution >= 4 is 6.09 Å². The van der Waals surface area contributed by atoms with E-state index in [1.165, 1.54) is 0 Å². The second-order valence-electron chi connectivity index (χ2n) is 6.86. The number of carbonyl (C=O) groups is 1. The molecular weight excluding hydrogens is 313 g/mol. The van der Waals surface area contributed by atoms with Gasteiger partial charge in [-0.15, -0.1) is 0 Å². The van der Waals surface area contributed by atoms with Gasteiger partial charge in [-0.05, 0) is 34.1 Å². The van der Waals surface area contributed by atoms with Gasteiger partial charge in [-0.2, -0.15) is 13.2 Å². The van der Waals surface area contributed by atoms with Crippen molar-refractivity contribution in [2.45, 2.75) is 64.4 Å². The van der Waals surface area contributed by atoms with E-state index >= 15 is 0 Å². The highest BCUT2D eigenvalue weighted by Gasteiger charge is 2.32. The van der Waals surface area contributed by atoms with E-state index in [1.807, 2.05) is 0 Å². The molecule has 2 atom stereocenters. The van der Waals surface area contributed by atoms with Gasteiger partial charge in [0.2, 0.25) is 0 Å². The lowest BCUT2D eigenvalue weighted by Gasteiger charge is -2.37. The average molecular weight is 340 g/mol. The molecule has 1 aliphatic heterocycles. The molecule has 5 nitrogen and oxygen atoms in total. The number of halogens is 3. The van der Waals surface area contributed by atoms with Gasteiger partial charge in [-0.1, -0.05) is 0 Å². The fourth-order valence-corrected chi connectivity index (χ4v) is 2.36. The van der Waals surface area contributed by atoms with Crippen LogP contribution < -0.4 is 5.32 Å². The molecule has 1 aliphatic rings. The zero-order valence-electron chi connectivity index (χ0n) is 14.2. The maximum atomic E-state index is 12.2. The van der Waals surface area contributed by atoms with Crippen LogP contribution >= 0.6 is 0 Å². The third-order valence-electron chi connectivity index (χ3n) is 3.38. The van der Waals surface area contributed by atoms with Crippen molar-refractivity contribution in [1.29, 1.82) is 0 Å². The standard InChI is InChI=1S/C15H27F3N2O3/c1-11(19-6-5-15(16,17)18)9-12-10-22-8-7-20(12)13(21)23-14(2,3)4/h11-12,19H,5-10H2,1-4H3. The van der Waals surface area contributed by atoms with E-state index < -0.39 is 24.3 Å². The molecule has 0 aromatic carbocycles. The van der Waals surface area contributed by atoms with Crippen molar-refractivity contribution in [2.75, 3.05) is 26.3 Å². The highest BCUT2D eigenvalue weighted by Crippen LogP contribution is 2.20. The van der Waals surface area contributed by atoms with Gasteiger partial charge in [0.05, 0.1) is 25.7 Å². The van der Waals surface area contributed by atoms with E-state index in [9.17, 15) is 18.0 Å². The molecule has 0 spiro atoms. The monoisotopic (exact) mass is 340 g/mol. The Morgan fingerprint density at radius 2 is 2.04 bits per heavy atom. The highest BCUT2D eigenvalue weighted by atomic mass is 19.4. The maximum absolute atomic E-state index is 12.2. The molecule has 1 heterocycles. The Hall–Kier alpha value is -1.02. The molecule has 0 radical (unpaired) electrons. The number of amides is 1. The molecule has 23 heavy (non-hydrogen) atoms. The van der Waals surface area contributed by atoms with E-state index in [1.54, 1.807) is 32.6 Å². The summed E-state index contributed by atoms with van der Waals surface area (Å²) in [5, 5.41) is 2.84. The fourth-order valence-electron chi connectivity index (χ4n) is 2.36. The van der Waals surface area contributed by atoms with Crippen molar-refractivity contribution in [3.05, 3.63) is 0 Å². The van der Waals surface area contributed by atoms with E-state index in [-0.39, 0.29) is 18.6 Å². The Morgan fingerprint density at radius 1 is 1.39 bits per heavy atom. The van der Waals surface area contributed by atoms with Crippen LogP contribution in [0.1, 0.15) is 40.5 Å². The lowest BCUT2D eigenvalue weighted by molar-refractivity contribution is -0.133. The molecule has 1 amide bonds. The third-order valence-corrected chi connectivity index (χ3v) is 3.38. The number of hydrogen-bond acceptors (Lipinski definition) is 4. The summed E-state index contributed by atoms with van der Waals surface area (Å²) < 4.78 is 47.3. The number of ether oxygens (including phenoxy) is 2. The number of alkyl halides is 3. The first-order valence-corrected chi connectivity index (χ1v) is 7.85. The second-order valence-corrected chi connectivity index (χ2v) is 6.86. The molecule has 0 bridgehead atoms. The molecule has 0 saturated carbocycles. The molecule has 136 valence electrons. The second kappa shape index (κ2) is 8.19. The quantitative estimate of drug-likeness (QED) is 0.836. The predicted molar refractivity (Wildman–Crippen MR) is 80.3 cm³/mol. The van der Waals surface area contributed by atoms with Crippen LogP contribution in [0.4, 0.5) is 18.0 Å². The predicted octanol–water partition coefficient (Wildman–Crippen LogP) is 2.94. The van der Waals surface area contributed by atoms with E-state index in [0.29, 0.717) is 26.2 Å². The molecule has 1 fully saturated rings. The summed E-state index contributed by atoms with van der Waals surface area (Å²) in [6.45, 7) is 8.28. The van der Waals surface area contributed by atoms with Gasteiger partial charge in [-0.3, -0.25) is 0 Å². The number of hydrogen-bond donors (Lipinski definition) is 1. The first kappa shape index (κ1) is 20.0. The molecule has 0 aromatic heterocycles. The van der Waals surface area contributed by atoms with Crippen molar-refractivity contribution in [1.82, 2.24) is 10.2 Å². The minimum absolute atomic E-state index is 0.134. The first-order chi connectivity index (χ1) is 10.5. The molecule has 0 aromatic rings. The van der Waals surface area contributed by atoms with E-state index in [4.69, 9.17) is 9.47 Å². The zero-order chi connectivity index (χ0) is 17.7. The summed E-state index contributed by atoms with van der Waals surface area (Å²) in [5.41, 5.74) is -0.587. The topological polar surface area (TPSA) is 50.8 Å². The van der Waals surface area contributed by atoms with E-state index in [0.717, 1.165) is 0 Å². The molecular formula is C15H27F3N2O3. The van der Waals surface area contributed by atoms with Gasteiger partial charge in [-0.25, -0.2) is 4.79 Å². The van der Waals surface area contributed by atoms with Crippen LogP contribution in [0.2, 0.25) is 0 Å². The van der Waals surface area contributed by atoms with Gasteiger partial charge in [0.1, 0.15) is 5.60 Å². The Bertz CT molecular complexity index is 383. The van der Waals surface area contributed by atoms with Gasteiger partial charge < -0.3 is 19.7 Å². The number of rotatable bonds is 5. The normalized spacial score (nSPS) is 21.2. The summed E-state index contributed by atoms with van der Waals surface area (Å²) in [6, 6.07) is -0.360.